The van der Waals surface area contributed by atoms with Gasteiger partial charge in [0.15, 0.2) is 0 Å². The van der Waals surface area contributed by atoms with E-state index in [1.165, 1.54) is 6.26 Å². The third kappa shape index (κ3) is 4.02. The number of imidazole rings is 1. The number of nitrogens with zero attached hydrogens (tertiary/aromatic N) is 3. The standard InChI is InChI=1S/C22H23ClN4O3S/c1-31(29,30)10-2-9-26-17(12-14-11-15(23)3-6-19(14)26)13-18-21-20(7-8-24-18)27(16-4-5-16)22(28)25-21/h3,6-8,11-12,16H,2,4-5,9-10,13H2,1H3,(H,25,28). The number of fused-ring (bicyclic) bond motifs is 2. The quantitative estimate of drug-likeness (QED) is 0.457. The lowest BCUT2D eigenvalue weighted by molar-refractivity contribution is 0.592. The summed E-state index contributed by atoms with van der Waals surface area (Å²) in [7, 11) is -3.03. The molecule has 0 aliphatic heterocycles. The summed E-state index contributed by atoms with van der Waals surface area (Å²) in [6.07, 6.45) is 6.10. The first-order chi connectivity index (χ1) is 14.8. The Labute approximate surface area is 184 Å². The zero-order valence-corrected chi connectivity index (χ0v) is 18.7. The van der Waals surface area contributed by atoms with Crippen LogP contribution in [-0.2, 0) is 22.8 Å². The molecule has 1 aliphatic carbocycles. The van der Waals surface area contributed by atoms with Crippen molar-refractivity contribution in [1.29, 1.82) is 0 Å². The average Bonchev–Trinajstić information content (AvgIpc) is 3.39. The molecule has 3 aromatic heterocycles. The lowest BCUT2D eigenvalue weighted by Gasteiger charge is -2.11. The van der Waals surface area contributed by atoms with Crippen molar-refractivity contribution in [3.05, 3.63) is 63.4 Å². The van der Waals surface area contributed by atoms with Crippen molar-refractivity contribution < 1.29 is 8.42 Å². The number of aromatic nitrogens is 4. The second kappa shape index (κ2) is 7.53. The summed E-state index contributed by atoms with van der Waals surface area (Å²) in [6.45, 7) is 0.573. The highest BCUT2D eigenvalue weighted by atomic mass is 35.5. The molecule has 0 bridgehead atoms. The molecule has 162 valence electrons. The molecule has 1 aromatic carbocycles. The third-order valence-electron chi connectivity index (χ3n) is 5.82. The highest BCUT2D eigenvalue weighted by molar-refractivity contribution is 7.90. The van der Waals surface area contributed by atoms with Crippen molar-refractivity contribution in [2.75, 3.05) is 12.0 Å². The van der Waals surface area contributed by atoms with Crippen molar-refractivity contribution in [3.63, 3.8) is 0 Å². The van der Waals surface area contributed by atoms with Crippen LogP contribution in [0.3, 0.4) is 0 Å². The van der Waals surface area contributed by atoms with Gasteiger partial charge in [-0.05, 0) is 49.6 Å². The highest BCUT2D eigenvalue weighted by Gasteiger charge is 2.28. The fourth-order valence-electron chi connectivity index (χ4n) is 4.30. The normalized spacial score (nSPS) is 14.6. The molecule has 3 heterocycles. The molecule has 31 heavy (non-hydrogen) atoms. The van der Waals surface area contributed by atoms with Crippen molar-refractivity contribution >= 4 is 43.4 Å². The molecule has 0 spiro atoms. The van der Waals surface area contributed by atoms with E-state index in [4.69, 9.17) is 11.6 Å². The summed E-state index contributed by atoms with van der Waals surface area (Å²) < 4.78 is 27.2. The van der Waals surface area contributed by atoms with E-state index < -0.39 is 9.84 Å². The van der Waals surface area contributed by atoms with Crippen LogP contribution in [0.15, 0.2) is 41.3 Å². The molecule has 0 radical (unpaired) electrons. The number of rotatable bonds is 7. The molecule has 0 atom stereocenters. The Balaban J connectivity index is 1.56. The number of hydrogen-bond donors (Lipinski definition) is 1. The van der Waals surface area contributed by atoms with E-state index in [0.29, 0.717) is 24.4 Å². The second-order valence-corrected chi connectivity index (χ2v) is 11.0. The highest BCUT2D eigenvalue weighted by Crippen LogP contribution is 2.36. The number of hydrogen-bond acceptors (Lipinski definition) is 4. The fraction of sp³-hybridized carbons (Fsp3) is 0.364. The van der Waals surface area contributed by atoms with Crippen LogP contribution in [0.25, 0.3) is 21.9 Å². The van der Waals surface area contributed by atoms with E-state index in [2.05, 4.69) is 20.6 Å². The lowest BCUT2D eigenvalue weighted by Crippen LogP contribution is -2.14. The van der Waals surface area contributed by atoms with Crippen LogP contribution >= 0.6 is 11.6 Å². The zero-order valence-electron chi connectivity index (χ0n) is 17.1. The minimum Gasteiger partial charge on any atom is -0.344 e. The Morgan fingerprint density at radius 3 is 2.74 bits per heavy atom. The number of nitrogens with one attached hydrogen (secondary N) is 1. The SMILES string of the molecule is CS(=O)(=O)CCCn1c(Cc2nccc3c2[nH]c(=O)n3C2CC2)cc2cc(Cl)ccc21. The molecule has 1 fully saturated rings. The smallest absolute Gasteiger partial charge is 0.326 e. The molecule has 0 amide bonds. The summed E-state index contributed by atoms with van der Waals surface area (Å²) >= 11 is 6.20. The Morgan fingerprint density at radius 2 is 2.00 bits per heavy atom. The van der Waals surface area contributed by atoms with E-state index in [0.717, 1.165) is 46.2 Å². The predicted octanol–water partition coefficient (Wildman–Crippen LogP) is 3.69. The molecular weight excluding hydrogens is 436 g/mol. The maximum atomic E-state index is 12.5. The Hall–Kier alpha value is -2.58. The first-order valence-electron chi connectivity index (χ1n) is 10.3. The van der Waals surface area contributed by atoms with Crippen molar-refractivity contribution in [2.24, 2.45) is 0 Å². The number of pyridine rings is 1. The molecule has 4 aromatic rings. The van der Waals surface area contributed by atoms with Gasteiger partial charge in [-0.2, -0.15) is 0 Å². The van der Waals surface area contributed by atoms with Crippen LogP contribution in [0, 0.1) is 0 Å². The van der Waals surface area contributed by atoms with Gasteiger partial charge in [-0.25, -0.2) is 13.2 Å². The molecule has 0 unspecified atom stereocenters. The van der Waals surface area contributed by atoms with Gasteiger partial charge in [-0.15, -0.1) is 0 Å². The first kappa shape index (κ1) is 20.3. The molecule has 5 rings (SSSR count). The van der Waals surface area contributed by atoms with Crippen LogP contribution in [0.1, 0.15) is 36.7 Å². The largest absolute Gasteiger partial charge is 0.344 e. The van der Waals surface area contributed by atoms with Crippen molar-refractivity contribution in [1.82, 2.24) is 19.1 Å². The summed E-state index contributed by atoms with van der Waals surface area (Å²) in [5.74, 6) is 0.130. The summed E-state index contributed by atoms with van der Waals surface area (Å²) in [5, 5.41) is 1.65. The summed E-state index contributed by atoms with van der Waals surface area (Å²) in [4.78, 5) is 20.1. The predicted molar refractivity (Wildman–Crippen MR) is 123 cm³/mol. The van der Waals surface area contributed by atoms with E-state index in [1.54, 1.807) is 6.20 Å². The Bertz CT molecular complexity index is 1460. The van der Waals surface area contributed by atoms with Crippen molar-refractivity contribution in [2.45, 2.75) is 38.3 Å². The maximum Gasteiger partial charge on any atom is 0.326 e. The maximum absolute atomic E-state index is 12.5. The molecule has 1 saturated carbocycles. The van der Waals surface area contributed by atoms with Gasteiger partial charge in [0.25, 0.3) is 0 Å². The van der Waals surface area contributed by atoms with Crippen LogP contribution in [-0.4, -0.2) is 39.5 Å². The minimum absolute atomic E-state index is 0.0905. The Morgan fingerprint density at radius 1 is 1.19 bits per heavy atom. The lowest BCUT2D eigenvalue weighted by atomic mass is 10.2. The van der Waals surface area contributed by atoms with Gasteiger partial charge in [0.05, 0.1) is 22.5 Å². The van der Waals surface area contributed by atoms with E-state index >= 15 is 0 Å². The van der Waals surface area contributed by atoms with Gasteiger partial charge in [-0.3, -0.25) is 9.55 Å². The van der Waals surface area contributed by atoms with E-state index in [-0.39, 0.29) is 17.5 Å². The number of halogens is 1. The van der Waals surface area contributed by atoms with Gasteiger partial charge in [0.1, 0.15) is 9.84 Å². The molecule has 0 saturated heterocycles. The third-order valence-corrected chi connectivity index (χ3v) is 7.09. The molecule has 7 nitrogen and oxygen atoms in total. The summed E-state index contributed by atoms with van der Waals surface area (Å²) in [6, 6.07) is 9.94. The van der Waals surface area contributed by atoms with Crippen LogP contribution < -0.4 is 5.69 Å². The number of H-pyrrole nitrogens is 1. The molecule has 1 N–H and O–H groups in total. The average molecular weight is 459 g/mol. The number of aryl methyl sites for hydroxylation is 1. The number of benzene rings is 1. The van der Waals surface area contributed by atoms with E-state index in [9.17, 15) is 13.2 Å². The molecular formula is C22H23ClN4O3S. The van der Waals surface area contributed by atoms with Gasteiger partial charge in [0, 0.05) is 53.1 Å². The van der Waals surface area contributed by atoms with Gasteiger partial charge < -0.3 is 9.55 Å². The molecule has 9 heteroatoms. The first-order valence-corrected chi connectivity index (χ1v) is 12.8. The second-order valence-electron chi connectivity index (χ2n) is 8.33. The molecule has 1 aliphatic rings. The van der Waals surface area contributed by atoms with Gasteiger partial charge >= 0.3 is 5.69 Å². The summed E-state index contributed by atoms with van der Waals surface area (Å²) in [5.41, 5.74) is 4.38. The number of aromatic amines is 1. The fourth-order valence-corrected chi connectivity index (χ4v) is 5.14. The topological polar surface area (TPSA) is 89.8 Å². The van der Waals surface area contributed by atoms with Gasteiger partial charge in [-0.1, -0.05) is 11.6 Å². The zero-order chi connectivity index (χ0) is 21.8. The van der Waals surface area contributed by atoms with Crippen LogP contribution in [0.5, 0.6) is 0 Å². The Kier molecular flexibility index (Phi) is 4.94. The van der Waals surface area contributed by atoms with Gasteiger partial charge in [0.2, 0.25) is 0 Å². The minimum atomic E-state index is -3.03. The number of sulfone groups is 1. The van der Waals surface area contributed by atoms with Crippen molar-refractivity contribution in [3.8, 4) is 0 Å². The van der Waals surface area contributed by atoms with Crippen LogP contribution in [0.4, 0.5) is 0 Å². The van der Waals surface area contributed by atoms with E-state index in [1.807, 2.05) is 28.8 Å². The van der Waals surface area contributed by atoms with Crippen LogP contribution in [0.2, 0.25) is 5.02 Å². The monoisotopic (exact) mass is 458 g/mol.